The first-order valence-electron chi connectivity index (χ1n) is 11.7. The van der Waals surface area contributed by atoms with Crippen molar-refractivity contribution in [3.63, 3.8) is 0 Å². The molecule has 2 heterocycles. The number of nitrogens with zero attached hydrogens (tertiary/aromatic N) is 3. The Balaban J connectivity index is 1.43. The van der Waals surface area contributed by atoms with Gasteiger partial charge in [0.2, 0.25) is 0 Å². The van der Waals surface area contributed by atoms with E-state index in [1.807, 2.05) is 31.3 Å². The fourth-order valence-corrected chi connectivity index (χ4v) is 3.81. The van der Waals surface area contributed by atoms with Crippen LogP contribution in [0.5, 0.6) is 0 Å². The Morgan fingerprint density at radius 2 is 1.41 bits per heavy atom. The molecule has 0 aliphatic rings. The van der Waals surface area contributed by atoms with Gasteiger partial charge in [-0.25, -0.2) is 4.98 Å². The predicted molar refractivity (Wildman–Crippen MR) is 139 cm³/mol. The van der Waals surface area contributed by atoms with Crippen LogP contribution in [0.15, 0.2) is 79.0 Å². The van der Waals surface area contributed by atoms with Crippen molar-refractivity contribution in [2.45, 2.75) is 33.4 Å². The first-order chi connectivity index (χ1) is 16.7. The van der Waals surface area contributed by atoms with Crippen molar-refractivity contribution in [2.75, 3.05) is 23.7 Å². The van der Waals surface area contributed by atoms with Crippen molar-refractivity contribution < 1.29 is 0 Å². The average Bonchev–Trinajstić information content (AvgIpc) is 2.87. The van der Waals surface area contributed by atoms with E-state index >= 15 is 0 Å². The molecule has 2 aromatic heterocycles. The second-order valence-electron chi connectivity index (χ2n) is 8.42. The zero-order valence-corrected chi connectivity index (χ0v) is 19.9. The summed E-state index contributed by atoms with van der Waals surface area (Å²) >= 11 is 0. The van der Waals surface area contributed by atoms with Gasteiger partial charge in [-0.3, -0.25) is 0 Å². The van der Waals surface area contributed by atoms with Crippen LogP contribution in [0.25, 0.3) is 0 Å². The standard InChI is InChI=1S/C28H32N6/c1-21-13-14-27(32-18-21)30-15-16-31-28-22(2)25(20-29-19-24-11-7-4-8-12-24)26(33-34-28)17-23-9-5-3-6-10-23/h3-14,18,29H,15-17,19-20H2,1-2H3,(H,30,32)(H,31,34). The number of rotatable bonds is 11. The minimum atomic E-state index is 0.722. The van der Waals surface area contributed by atoms with Gasteiger partial charge < -0.3 is 16.0 Å². The van der Waals surface area contributed by atoms with Gasteiger partial charge in [0.05, 0.1) is 5.69 Å². The van der Waals surface area contributed by atoms with Gasteiger partial charge >= 0.3 is 0 Å². The summed E-state index contributed by atoms with van der Waals surface area (Å²) in [6.45, 7) is 7.17. The summed E-state index contributed by atoms with van der Waals surface area (Å²) in [5, 5.41) is 19.5. The van der Waals surface area contributed by atoms with E-state index in [0.29, 0.717) is 0 Å². The largest absolute Gasteiger partial charge is 0.368 e. The Morgan fingerprint density at radius 1 is 0.706 bits per heavy atom. The molecule has 0 saturated carbocycles. The highest BCUT2D eigenvalue weighted by atomic mass is 15.2. The molecule has 4 rings (SSSR count). The van der Waals surface area contributed by atoms with Crippen LogP contribution in [0.4, 0.5) is 11.6 Å². The maximum atomic E-state index is 4.62. The maximum absolute atomic E-state index is 4.62. The Labute approximate surface area is 201 Å². The smallest absolute Gasteiger partial charge is 0.151 e. The molecule has 0 aliphatic carbocycles. The minimum absolute atomic E-state index is 0.722. The molecule has 0 aliphatic heterocycles. The lowest BCUT2D eigenvalue weighted by atomic mass is 10.0. The average molecular weight is 453 g/mol. The van der Waals surface area contributed by atoms with Crippen molar-refractivity contribution in [1.29, 1.82) is 0 Å². The van der Waals surface area contributed by atoms with Crippen LogP contribution in [0, 0.1) is 13.8 Å². The SMILES string of the molecule is Cc1ccc(NCCNc2nnc(Cc3ccccc3)c(CNCc3ccccc3)c2C)nc1. The van der Waals surface area contributed by atoms with Crippen LogP contribution in [-0.2, 0) is 19.5 Å². The quantitative estimate of drug-likeness (QED) is 0.281. The lowest BCUT2D eigenvalue weighted by Gasteiger charge is -2.16. The predicted octanol–water partition coefficient (Wildman–Crippen LogP) is 4.89. The van der Waals surface area contributed by atoms with Crippen molar-refractivity contribution in [3.8, 4) is 0 Å². The van der Waals surface area contributed by atoms with Crippen molar-refractivity contribution >= 4 is 11.6 Å². The molecule has 0 unspecified atom stereocenters. The van der Waals surface area contributed by atoms with Gasteiger partial charge in [-0.15, -0.1) is 5.10 Å². The zero-order chi connectivity index (χ0) is 23.6. The monoisotopic (exact) mass is 452 g/mol. The summed E-state index contributed by atoms with van der Waals surface area (Å²) in [6, 6.07) is 24.9. The normalized spacial score (nSPS) is 10.8. The molecular weight excluding hydrogens is 420 g/mol. The molecular formula is C28H32N6. The van der Waals surface area contributed by atoms with Gasteiger partial charge in [0.25, 0.3) is 0 Å². The highest BCUT2D eigenvalue weighted by Crippen LogP contribution is 2.21. The van der Waals surface area contributed by atoms with Gasteiger partial charge in [-0.2, -0.15) is 5.10 Å². The molecule has 0 radical (unpaired) electrons. The van der Waals surface area contributed by atoms with E-state index in [-0.39, 0.29) is 0 Å². The summed E-state index contributed by atoms with van der Waals surface area (Å²) in [5.74, 6) is 1.70. The van der Waals surface area contributed by atoms with Crippen molar-refractivity contribution in [3.05, 3.63) is 113 Å². The lowest BCUT2D eigenvalue weighted by molar-refractivity contribution is 0.677. The number of hydrogen-bond donors (Lipinski definition) is 3. The lowest BCUT2D eigenvalue weighted by Crippen LogP contribution is -2.20. The summed E-state index contributed by atoms with van der Waals surface area (Å²) in [4.78, 5) is 4.39. The van der Waals surface area contributed by atoms with E-state index in [0.717, 1.165) is 61.1 Å². The molecule has 2 aromatic carbocycles. The Bertz CT molecular complexity index is 1160. The Kier molecular flexibility index (Phi) is 8.19. The number of pyridine rings is 1. The fourth-order valence-electron chi connectivity index (χ4n) is 3.81. The van der Waals surface area contributed by atoms with E-state index < -0.39 is 0 Å². The van der Waals surface area contributed by atoms with Crippen LogP contribution < -0.4 is 16.0 Å². The molecule has 0 atom stereocenters. The van der Waals surface area contributed by atoms with Crippen LogP contribution in [0.3, 0.4) is 0 Å². The van der Waals surface area contributed by atoms with Gasteiger partial charge in [0.1, 0.15) is 5.82 Å². The maximum Gasteiger partial charge on any atom is 0.151 e. The molecule has 34 heavy (non-hydrogen) atoms. The van der Waals surface area contributed by atoms with Crippen molar-refractivity contribution in [2.24, 2.45) is 0 Å². The molecule has 6 nitrogen and oxygen atoms in total. The highest BCUT2D eigenvalue weighted by Gasteiger charge is 2.14. The third kappa shape index (κ3) is 6.62. The first kappa shape index (κ1) is 23.4. The van der Waals surface area contributed by atoms with Crippen molar-refractivity contribution in [1.82, 2.24) is 20.5 Å². The molecule has 3 N–H and O–H groups in total. The molecule has 0 amide bonds. The second kappa shape index (κ2) is 11.9. The Hall–Kier alpha value is -3.77. The molecule has 0 saturated heterocycles. The molecule has 0 bridgehead atoms. The van der Waals surface area contributed by atoms with Crippen LogP contribution in [-0.4, -0.2) is 28.3 Å². The fraction of sp³-hybridized carbons (Fsp3) is 0.250. The minimum Gasteiger partial charge on any atom is -0.368 e. The third-order valence-corrected chi connectivity index (χ3v) is 5.75. The molecule has 174 valence electrons. The summed E-state index contributed by atoms with van der Waals surface area (Å²) in [6.07, 6.45) is 2.63. The van der Waals surface area contributed by atoms with Gasteiger partial charge in [-0.05, 0) is 47.7 Å². The van der Waals surface area contributed by atoms with Gasteiger partial charge in [0, 0.05) is 38.8 Å². The summed E-state index contributed by atoms with van der Waals surface area (Å²) in [5.41, 5.74) is 6.99. The zero-order valence-electron chi connectivity index (χ0n) is 19.9. The molecule has 4 aromatic rings. The number of anilines is 2. The van der Waals surface area contributed by atoms with Crippen LogP contribution in [0.1, 0.15) is 33.5 Å². The highest BCUT2D eigenvalue weighted by molar-refractivity contribution is 5.49. The van der Waals surface area contributed by atoms with E-state index in [9.17, 15) is 0 Å². The van der Waals surface area contributed by atoms with Crippen LogP contribution >= 0.6 is 0 Å². The van der Waals surface area contributed by atoms with E-state index in [1.165, 1.54) is 16.7 Å². The number of benzene rings is 2. The topological polar surface area (TPSA) is 74.8 Å². The summed E-state index contributed by atoms with van der Waals surface area (Å²) in [7, 11) is 0. The van der Waals surface area contributed by atoms with E-state index in [4.69, 9.17) is 0 Å². The molecule has 6 heteroatoms. The molecule has 0 spiro atoms. The first-order valence-corrected chi connectivity index (χ1v) is 11.7. The molecule has 0 fully saturated rings. The number of nitrogens with one attached hydrogen (secondary N) is 3. The Morgan fingerprint density at radius 3 is 2.12 bits per heavy atom. The number of aryl methyl sites for hydroxylation is 1. The number of hydrogen-bond acceptors (Lipinski definition) is 6. The van der Waals surface area contributed by atoms with Gasteiger partial charge in [-0.1, -0.05) is 66.7 Å². The second-order valence-corrected chi connectivity index (χ2v) is 8.42. The third-order valence-electron chi connectivity index (χ3n) is 5.75. The summed E-state index contributed by atoms with van der Waals surface area (Å²) < 4.78 is 0. The van der Waals surface area contributed by atoms with E-state index in [2.05, 4.69) is 92.7 Å². The number of aromatic nitrogens is 3. The van der Waals surface area contributed by atoms with Crippen LogP contribution in [0.2, 0.25) is 0 Å². The van der Waals surface area contributed by atoms with Gasteiger partial charge in [0.15, 0.2) is 5.82 Å². The van der Waals surface area contributed by atoms with E-state index in [1.54, 1.807) is 0 Å².